The van der Waals surface area contributed by atoms with Crippen molar-refractivity contribution in [1.82, 2.24) is 14.5 Å². The van der Waals surface area contributed by atoms with Crippen LogP contribution in [-0.4, -0.2) is 49.0 Å². The van der Waals surface area contributed by atoms with Crippen molar-refractivity contribution in [3.63, 3.8) is 0 Å². The molecule has 11 heteroatoms. The van der Waals surface area contributed by atoms with Gasteiger partial charge in [0, 0.05) is 25.8 Å². The Balaban J connectivity index is 1.93. The number of aromatic nitrogens is 2. The lowest BCUT2D eigenvalue weighted by atomic mass is 10.1. The van der Waals surface area contributed by atoms with Gasteiger partial charge in [-0.3, -0.25) is 4.79 Å². The number of nitrogens with zero attached hydrogens (tertiary/aromatic N) is 3. The van der Waals surface area contributed by atoms with E-state index in [0.29, 0.717) is 17.8 Å². The number of sulfone groups is 1. The number of amides is 1. The monoisotopic (exact) mass is 551 g/mol. The summed E-state index contributed by atoms with van der Waals surface area (Å²) in [6.07, 6.45) is -3.08. The average molecular weight is 552 g/mol. The molecule has 0 fully saturated rings. The predicted octanol–water partition coefficient (Wildman–Crippen LogP) is 5.13. The fourth-order valence-corrected chi connectivity index (χ4v) is 5.51. The van der Waals surface area contributed by atoms with Crippen LogP contribution in [0.3, 0.4) is 0 Å². The molecule has 3 rings (SSSR count). The van der Waals surface area contributed by atoms with Gasteiger partial charge in [-0.2, -0.15) is 13.2 Å². The molecule has 1 aromatic heterocycles. The largest absolute Gasteiger partial charge is 0.416 e. The van der Waals surface area contributed by atoms with Crippen molar-refractivity contribution in [2.75, 3.05) is 20.3 Å². The molecule has 0 aliphatic rings. The molecular formula is C27H32F3N3O4S. The fraction of sp³-hybridized carbons (Fsp3) is 0.407. The Bertz CT molecular complexity index is 1330. The van der Waals surface area contributed by atoms with Gasteiger partial charge in [0.1, 0.15) is 0 Å². The van der Waals surface area contributed by atoms with Gasteiger partial charge in [0.2, 0.25) is 15.0 Å². The number of imidazole rings is 1. The van der Waals surface area contributed by atoms with Crippen LogP contribution in [0.1, 0.15) is 46.6 Å². The number of aryl methyl sites for hydroxylation is 1. The Morgan fingerprint density at radius 1 is 1.08 bits per heavy atom. The Labute approximate surface area is 221 Å². The van der Waals surface area contributed by atoms with Crippen molar-refractivity contribution in [3.05, 3.63) is 82.7 Å². The summed E-state index contributed by atoms with van der Waals surface area (Å²) in [4.78, 5) is 19.0. The molecule has 38 heavy (non-hydrogen) atoms. The van der Waals surface area contributed by atoms with Crippen LogP contribution in [0.5, 0.6) is 0 Å². The first kappa shape index (κ1) is 29.4. The molecule has 0 N–H and O–H groups in total. The zero-order chi connectivity index (χ0) is 28.1. The number of ether oxygens (including phenoxy) is 1. The second-order valence-electron chi connectivity index (χ2n) is 9.58. The molecule has 0 saturated carbocycles. The smallest absolute Gasteiger partial charge is 0.383 e. The van der Waals surface area contributed by atoms with Crippen LogP contribution >= 0.6 is 0 Å². The van der Waals surface area contributed by atoms with Crippen LogP contribution in [0.15, 0.2) is 59.9 Å². The van der Waals surface area contributed by atoms with Crippen LogP contribution in [-0.2, 0) is 39.6 Å². The highest BCUT2D eigenvalue weighted by atomic mass is 32.2. The van der Waals surface area contributed by atoms with Crippen LogP contribution in [0.25, 0.3) is 0 Å². The highest BCUT2D eigenvalue weighted by molar-refractivity contribution is 7.90. The predicted molar refractivity (Wildman–Crippen MR) is 137 cm³/mol. The topological polar surface area (TPSA) is 81.5 Å². The summed E-state index contributed by atoms with van der Waals surface area (Å²) in [5.74, 6) is -0.652. The minimum Gasteiger partial charge on any atom is -0.383 e. The highest BCUT2D eigenvalue weighted by Crippen LogP contribution is 2.29. The summed E-state index contributed by atoms with van der Waals surface area (Å²) in [6.45, 7) is 6.47. The van der Waals surface area contributed by atoms with Crippen molar-refractivity contribution in [2.24, 2.45) is 5.92 Å². The number of carbonyl (C=O) groups excluding carboxylic acids is 1. The maximum Gasteiger partial charge on any atom is 0.416 e. The molecule has 2 aromatic carbocycles. The number of hydrogen-bond acceptors (Lipinski definition) is 5. The van der Waals surface area contributed by atoms with Gasteiger partial charge in [-0.05, 0) is 42.7 Å². The van der Waals surface area contributed by atoms with Crippen LogP contribution in [0.4, 0.5) is 13.2 Å². The lowest BCUT2D eigenvalue weighted by Gasteiger charge is -2.25. The van der Waals surface area contributed by atoms with Crippen LogP contribution < -0.4 is 0 Å². The van der Waals surface area contributed by atoms with E-state index in [4.69, 9.17) is 4.74 Å². The summed E-state index contributed by atoms with van der Waals surface area (Å²) < 4.78 is 72.3. The maximum absolute atomic E-state index is 13.3. The molecule has 0 aliphatic heterocycles. The van der Waals surface area contributed by atoms with Gasteiger partial charge in [0.05, 0.1) is 36.4 Å². The standard InChI is InChI=1S/C27H32F3N3O4S/c1-19(2)16-32(25(34)22-9-11-23(12-10-22)27(28,29)30)17-24-15-31-26(33(24)13-14-37-4)38(35,36)18-21-7-5-20(3)6-8-21/h5-12,15,19H,13-14,16-18H2,1-4H3. The van der Waals surface area contributed by atoms with Crippen LogP contribution in [0, 0.1) is 12.8 Å². The minimum absolute atomic E-state index is 0.0226. The number of benzene rings is 2. The fourth-order valence-electron chi connectivity index (χ4n) is 4.00. The minimum atomic E-state index is -4.51. The summed E-state index contributed by atoms with van der Waals surface area (Å²) in [5.41, 5.74) is 1.38. The molecule has 0 saturated heterocycles. The Kier molecular flexibility index (Phi) is 9.37. The first-order valence-electron chi connectivity index (χ1n) is 12.1. The zero-order valence-electron chi connectivity index (χ0n) is 21.8. The van der Waals surface area contributed by atoms with Gasteiger partial charge in [0.25, 0.3) is 5.91 Å². The van der Waals surface area contributed by atoms with E-state index in [1.807, 2.05) is 32.9 Å². The quantitative estimate of drug-likeness (QED) is 0.330. The maximum atomic E-state index is 13.3. The number of alkyl halides is 3. The van der Waals surface area contributed by atoms with Gasteiger partial charge in [-0.1, -0.05) is 43.7 Å². The van der Waals surface area contributed by atoms with Crippen molar-refractivity contribution in [3.8, 4) is 0 Å². The van der Waals surface area contributed by atoms with Gasteiger partial charge in [0.15, 0.2) is 0 Å². The lowest BCUT2D eigenvalue weighted by Crippen LogP contribution is -2.34. The van der Waals surface area contributed by atoms with Gasteiger partial charge >= 0.3 is 6.18 Å². The normalized spacial score (nSPS) is 12.2. The third-order valence-electron chi connectivity index (χ3n) is 5.86. The lowest BCUT2D eigenvalue weighted by molar-refractivity contribution is -0.137. The van der Waals surface area contributed by atoms with E-state index in [0.717, 1.165) is 29.8 Å². The molecule has 206 valence electrons. The van der Waals surface area contributed by atoms with Crippen molar-refractivity contribution >= 4 is 15.7 Å². The molecule has 0 radical (unpaired) electrons. The van der Waals surface area contributed by atoms with E-state index in [1.54, 1.807) is 12.1 Å². The first-order valence-corrected chi connectivity index (χ1v) is 13.7. The third kappa shape index (κ3) is 7.44. The third-order valence-corrected chi connectivity index (χ3v) is 7.46. The molecule has 0 unspecified atom stereocenters. The van der Waals surface area contributed by atoms with E-state index in [1.165, 1.54) is 22.8 Å². The van der Waals surface area contributed by atoms with Gasteiger partial charge in [-0.25, -0.2) is 13.4 Å². The number of methoxy groups -OCH3 is 1. The molecule has 1 heterocycles. The number of rotatable bonds is 11. The summed E-state index contributed by atoms with van der Waals surface area (Å²) in [6, 6.07) is 11.2. The van der Waals surface area contributed by atoms with Crippen molar-refractivity contribution < 1.29 is 31.1 Å². The molecule has 0 atom stereocenters. The van der Waals surface area contributed by atoms with Crippen molar-refractivity contribution in [2.45, 2.75) is 50.9 Å². The Morgan fingerprint density at radius 3 is 2.26 bits per heavy atom. The summed E-state index contributed by atoms with van der Waals surface area (Å²) >= 11 is 0. The Morgan fingerprint density at radius 2 is 1.71 bits per heavy atom. The molecule has 0 aliphatic carbocycles. The molecule has 3 aromatic rings. The van der Waals surface area contributed by atoms with E-state index < -0.39 is 27.5 Å². The van der Waals surface area contributed by atoms with Crippen molar-refractivity contribution in [1.29, 1.82) is 0 Å². The van der Waals surface area contributed by atoms with E-state index in [9.17, 15) is 26.4 Å². The molecule has 0 bridgehead atoms. The second-order valence-corrected chi connectivity index (χ2v) is 11.5. The van der Waals surface area contributed by atoms with Gasteiger partial charge in [-0.15, -0.1) is 0 Å². The zero-order valence-corrected chi connectivity index (χ0v) is 22.6. The molecular weight excluding hydrogens is 519 g/mol. The number of halogens is 3. The first-order chi connectivity index (χ1) is 17.8. The second kappa shape index (κ2) is 12.1. The van der Waals surface area contributed by atoms with E-state index in [2.05, 4.69) is 4.98 Å². The molecule has 1 amide bonds. The number of hydrogen-bond donors (Lipinski definition) is 0. The number of carbonyl (C=O) groups is 1. The molecule has 7 nitrogen and oxygen atoms in total. The highest BCUT2D eigenvalue weighted by Gasteiger charge is 2.31. The SMILES string of the molecule is COCCn1c(CN(CC(C)C)C(=O)c2ccc(C(F)(F)F)cc2)cnc1S(=O)(=O)Cc1ccc(C)cc1. The van der Waals surface area contributed by atoms with Crippen LogP contribution in [0.2, 0.25) is 0 Å². The average Bonchev–Trinajstić information content (AvgIpc) is 3.25. The van der Waals surface area contributed by atoms with E-state index >= 15 is 0 Å². The summed E-state index contributed by atoms with van der Waals surface area (Å²) in [7, 11) is -2.33. The Hall–Kier alpha value is -3.18. The molecule has 0 spiro atoms. The van der Waals surface area contributed by atoms with E-state index in [-0.39, 0.29) is 42.1 Å². The summed E-state index contributed by atoms with van der Waals surface area (Å²) in [5, 5.41) is -0.128. The van der Waals surface area contributed by atoms with Gasteiger partial charge < -0.3 is 14.2 Å².